The molecule has 1 unspecified atom stereocenters. The smallest absolute Gasteiger partial charge is 0.266 e. The molecule has 2 bridgehead atoms. The van der Waals surface area contributed by atoms with Crippen molar-refractivity contribution in [3.05, 3.63) is 117 Å². The van der Waals surface area contributed by atoms with Crippen LogP contribution in [0.25, 0.3) is 0 Å². The first-order valence-corrected chi connectivity index (χ1v) is 14.1. The third kappa shape index (κ3) is 4.32. The largest absolute Gasteiger partial charge is 0.385 e. The van der Waals surface area contributed by atoms with E-state index in [2.05, 4.69) is 86.9 Å². The van der Waals surface area contributed by atoms with Crippen LogP contribution in [0.3, 0.4) is 0 Å². The van der Waals surface area contributed by atoms with Crippen molar-refractivity contribution in [1.29, 1.82) is 0 Å². The number of aromatic nitrogens is 2. The lowest BCUT2D eigenvalue weighted by atomic mass is 9.34. The molecule has 0 spiro atoms. The predicted octanol–water partition coefficient (Wildman–Crippen LogP) is 8.25. The fourth-order valence-corrected chi connectivity index (χ4v) is 7.20. The molecule has 2 aromatic heterocycles. The Morgan fingerprint density at radius 3 is 2.17 bits per heavy atom. The van der Waals surface area contributed by atoms with E-state index in [0.717, 1.165) is 21.6 Å². The number of carbonyl (C=O) groups is 1. The summed E-state index contributed by atoms with van der Waals surface area (Å²) in [6.07, 6.45) is 7.69. The van der Waals surface area contributed by atoms with Crippen LogP contribution in [0.2, 0.25) is 11.6 Å². The number of hydrogen-bond acceptors (Lipinski definition) is 1. The minimum Gasteiger partial charge on any atom is -0.385 e. The number of aryl methyl sites for hydroxylation is 1. The number of aromatic amines is 1. The van der Waals surface area contributed by atoms with Crippen LogP contribution in [-0.4, -0.2) is 22.1 Å². The Hall–Kier alpha value is -2.79. The summed E-state index contributed by atoms with van der Waals surface area (Å²) in [7, 11) is 0. The van der Waals surface area contributed by atoms with Gasteiger partial charge in [0.15, 0.2) is 0 Å². The van der Waals surface area contributed by atoms with E-state index in [0.29, 0.717) is 18.5 Å². The molecule has 1 N–H and O–H groups in total. The highest BCUT2D eigenvalue weighted by Crippen LogP contribution is 2.48. The van der Waals surface area contributed by atoms with Crippen molar-refractivity contribution in [2.45, 2.75) is 63.0 Å². The van der Waals surface area contributed by atoms with Gasteiger partial charge < -0.3 is 9.46 Å². The van der Waals surface area contributed by atoms with Gasteiger partial charge >= 0.3 is 0 Å². The topological polar surface area (TPSA) is 37.8 Å². The maximum absolute atomic E-state index is 14.0. The number of ketones is 1. The number of rotatable bonds is 6. The molecule has 2 saturated heterocycles. The van der Waals surface area contributed by atoms with Crippen LogP contribution in [0.5, 0.6) is 0 Å². The van der Waals surface area contributed by atoms with E-state index in [1.807, 2.05) is 24.3 Å². The monoisotopic (exact) mass is 538 g/mol. The van der Waals surface area contributed by atoms with Crippen molar-refractivity contribution >= 4 is 28.6 Å². The summed E-state index contributed by atoms with van der Waals surface area (Å²) in [5.41, 5.74) is 6.38. The minimum atomic E-state index is 0.0275. The van der Waals surface area contributed by atoms with Crippen molar-refractivity contribution in [3.63, 3.8) is 0 Å². The average molecular weight is 539 g/mol. The number of nitrogens with one attached hydrogen (secondary N) is 1. The second-order valence-electron chi connectivity index (χ2n) is 10.7. The molecule has 36 heavy (non-hydrogen) atoms. The number of hydrogen-bond donors (Lipinski definition) is 1. The van der Waals surface area contributed by atoms with E-state index >= 15 is 0 Å². The molecule has 3 nitrogen and oxygen atoms in total. The lowest BCUT2D eigenvalue weighted by molar-refractivity contribution is 0.103. The number of fused-ring (bicyclic) bond motifs is 2. The third-order valence-electron chi connectivity index (χ3n) is 8.47. The van der Waals surface area contributed by atoms with Gasteiger partial charge in [-0.05, 0) is 64.3 Å². The Labute approximate surface area is 222 Å². The van der Waals surface area contributed by atoms with Gasteiger partial charge in [0, 0.05) is 17.0 Å². The molecular formula is C31H32BBrN2O. The lowest BCUT2D eigenvalue weighted by Crippen LogP contribution is -2.43. The summed E-state index contributed by atoms with van der Waals surface area (Å²) in [6.45, 7) is 2.45. The van der Waals surface area contributed by atoms with Crippen LogP contribution < -0.4 is 0 Å². The van der Waals surface area contributed by atoms with Gasteiger partial charge in [0.05, 0.1) is 16.2 Å². The molecule has 4 aromatic rings. The van der Waals surface area contributed by atoms with E-state index in [1.165, 1.54) is 55.3 Å². The number of benzene rings is 2. The molecule has 0 saturated carbocycles. The standard InChI is InChI=1S/C31H32BBrN2O/c1-21-13-15-23(16-14-21)31(36)28-19-18-27(35(28)32-24-9-5-10-25(32)12-6-11-24)30(22-7-3-2-4-8-22)26-17-20-29(33)34-26/h2-4,7-8,13-20,24-25,30,34H,5-6,9-12H2,1H3. The zero-order valence-corrected chi connectivity index (χ0v) is 22.4. The fraction of sp³-hybridized carbons (Fsp3) is 0.323. The van der Waals surface area contributed by atoms with Crippen molar-refractivity contribution in [1.82, 2.24) is 9.46 Å². The van der Waals surface area contributed by atoms with Crippen LogP contribution in [0, 0.1) is 6.92 Å². The molecule has 6 rings (SSSR count). The normalized spacial score (nSPS) is 20.3. The summed E-state index contributed by atoms with van der Waals surface area (Å²) >= 11 is 3.63. The summed E-state index contributed by atoms with van der Waals surface area (Å²) in [5, 5.41) is 0. The minimum absolute atomic E-state index is 0.0275. The molecule has 2 aliphatic heterocycles. The van der Waals surface area contributed by atoms with Gasteiger partial charge in [0.2, 0.25) is 5.78 Å². The molecule has 1 atom stereocenters. The van der Waals surface area contributed by atoms with Crippen LogP contribution in [0.15, 0.2) is 83.5 Å². The van der Waals surface area contributed by atoms with Crippen LogP contribution in [0.1, 0.15) is 83.0 Å². The molecule has 2 aromatic carbocycles. The van der Waals surface area contributed by atoms with E-state index in [1.54, 1.807) is 0 Å². The van der Waals surface area contributed by atoms with Crippen LogP contribution in [-0.2, 0) is 0 Å². The maximum Gasteiger partial charge on any atom is 0.266 e. The lowest BCUT2D eigenvalue weighted by Gasteiger charge is -2.42. The zero-order valence-electron chi connectivity index (χ0n) is 20.8. The highest BCUT2D eigenvalue weighted by Gasteiger charge is 2.44. The first-order valence-electron chi connectivity index (χ1n) is 13.3. The van der Waals surface area contributed by atoms with E-state index in [9.17, 15) is 4.79 Å². The van der Waals surface area contributed by atoms with Crippen molar-refractivity contribution in [2.75, 3.05) is 0 Å². The quantitative estimate of drug-likeness (QED) is 0.195. The van der Waals surface area contributed by atoms with Gasteiger partial charge in [-0.2, -0.15) is 0 Å². The summed E-state index contributed by atoms with van der Waals surface area (Å²) < 4.78 is 3.46. The van der Waals surface area contributed by atoms with Gasteiger partial charge in [-0.15, -0.1) is 0 Å². The molecule has 0 amide bonds. The first-order chi connectivity index (χ1) is 17.6. The third-order valence-corrected chi connectivity index (χ3v) is 8.94. The Morgan fingerprint density at radius 2 is 1.56 bits per heavy atom. The van der Waals surface area contributed by atoms with Crippen molar-refractivity contribution in [2.24, 2.45) is 0 Å². The average Bonchev–Trinajstić information content (AvgIpc) is 3.51. The highest BCUT2D eigenvalue weighted by molar-refractivity contribution is 9.10. The fourth-order valence-electron chi connectivity index (χ4n) is 6.84. The summed E-state index contributed by atoms with van der Waals surface area (Å²) in [6, 6.07) is 27.3. The molecule has 182 valence electrons. The molecule has 2 fully saturated rings. The van der Waals surface area contributed by atoms with E-state index < -0.39 is 0 Å². The molecular weight excluding hydrogens is 507 g/mol. The Kier molecular flexibility index (Phi) is 6.51. The first kappa shape index (κ1) is 23.6. The van der Waals surface area contributed by atoms with Gasteiger partial charge in [-0.3, -0.25) is 4.79 Å². The summed E-state index contributed by atoms with van der Waals surface area (Å²) in [4.78, 5) is 17.6. The number of halogens is 1. The summed E-state index contributed by atoms with van der Waals surface area (Å²) in [5.74, 6) is 1.43. The van der Waals surface area contributed by atoms with E-state index in [-0.39, 0.29) is 11.7 Å². The highest BCUT2D eigenvalue weighted by atomic mass is 79.9. The molecule has 0 radical (unpaired) electrons. The second kappa shape index (κ2) is 9.93. The Bertz CT molecular complexity index is 1330. The maximum atomic E-state index is 14.0. The SMILES string of the molecule is Cc1ccc(C(=O)c2ccc(C(c3ccccc3)c3ccc(Br)[nH]3)n2B2C3CCCC2CCC3)cc1. The van der Waals surface area contributed by atoms with Crippen LogP contribution in [0.4, 0.5) is 0 Å². The second-order valence-corrected chi connectivity index (χ2v) is 11.5. The number of carbonyl (C=O) groups excluding carboxylic acids is 1. The van der Waals surface area contributed by atoms with Crippen LogP contribution >= 0.6 is 15.9 Å². The van der Waals surface area contributed by atoms with Gasteiger partial charge in [-0.1, -0.05) is 98.7 Å². The molecule has 5 heteroatoms. The molecule has 2 aliphatic rings. The molecule has 4 heterocycles. The predicted molar refractivity (Wildman–Crippen MR) is 151 cm³/mol. The van der Waals surface area contributed by atoms with Gasteiger partial charge in [-0.25, -0.2) is 0 Å². The van der Waals surface area contributed by atoms with Crippen molar-refractivity contribution in [3.8, 4) is 0 Å². The van der Waals surface area contributed by atoms with Gasteiger partial charge in [0.25, 0.3) is 6.85 Å². The van der Waals surface area contributed by atoms with E-state index in [4.69, 9.17) is 0 Å². The van der Waals surface area contributed by atoms with Crippen molar-refractivity contribution < 1.29 is 4.79 Å². The zero-order chi connectivity index (χ0) is 24.6. The number of H-pyrrole nitrogens is 1. The Morgan fingerprint density at radius 1 is 0.889 bits per heavy atom. The van der Waals surface area contributed by atoms with Gasteiger partial charge in [0.1, 0.15) is 0 Å². The molecule has 0 aliphatic carbocycles. The Balaban J connectivity index is 1.55. The number of nitrogens with zero attached hydrogens (tertiary/aromatic N) is 1.